The van der Waals surface area contributed by atoms with Gasteiger partial charge in [0.25, 0.3) is 0 Å². The van der Waals surface area contributed by atoms with Crippen LogP contribution < -0.4 is 5.32 Å². The number of thiazole rings is 1. The van der Waals surface area contributed by atoms with Gasteiger partial charge in [0.15, 0.2) is 8.32 Å². The molecule has 0 amide bonds. The number of rotatable bonds is 9. The van der Waals surface area contributed by atoms with Crippen LogP contribution >= 0.6 is 11.3 Å². The van der Waals surface area contributed by atoms with Gasteiger partial charge in [-0.15, -0.1) is 17.9 Å². The van der Waals surface area contributed by atoms with E-state index < -0.39 is 8.32 Å². The number of aryl methyl sites for hydroxylation is 1. The van der Waals surface area contributed by atoms with E-state index in [0.717, 1.165) is 30.2 Å². The lowest BCUT2D eigenvalue weighted by Crippen LogP contribution is -2.44. The lowest BCUT2D eigenvalue weighted by molar-refractivity contribution is 0.204. The summed E-state index contributed by atoms with van der Waals surface area (Å²) in [5.41, 5.74) is 2.29. The number of aromatic nitrogens is 1. The Labute approximate surface area is 153 Å². The fourth-order valence-electron chi connectivity index (χ4n) is 2.12. The second-order valence-electron chi connectivity index (χ2n) is 7.83. The maximum atomic E-state index is 6.70. The summed E-state index contributed by atoms with van der Waals surface area (Å²) in [7, 11) is -1.82. The minimum absolute atomic E-state index is 0.130. The van der Waals surface area contributed by atoms with Crippen molar-refractivity contribution >= 4 is 25.7 Å². The van der Waals surface area contributed by atoms with Gasteiger partial charge in [-0.2, -0.15) is 0 Å². The highest BCUT2D eigenvalue weighted by molar-refractivity contribution is 7.09. The van der Waals surface area contributed by atoms with Crippen molar-refractivity contribution < 1.29 is 4.43 Å². The third-order valence-corrected chi connectivity index (χ3v) is 9.91. The molecule has 1 aromatic heterocycles. The Bertz CT molecular complexity index is 558. The number of nitrogens with zero attached hydrogens (tertiary/aromatic N) is 1. The molecule has 136 valence electrons. The van der Waals surface area contributed by atoms with Crippen LogP contribution in [0.4, 0.5) is 0 Å². The second-order valence-corrected chi connectivity index (χ2v) is 13.6. The van der Waals surface area contributed by atoms with Crippen molar-refractivity contribution in [3.8, 4) is 0 Å². The summed E-state index contributed by atoms with van der Waals surface area (Å²) in [5.74, 6) is 0. The van der Waals surface area contributed by atoms with Crippen LogP contribution in [-0.2, 0) is 4.43 Å². The van der Waals surface area contributed by atoms with Crippen molar-refractivity contribution in [1.29, 1.82) is 0 Å². The quantitative estimate of drug-likeness (QED) is 0.360. The molecule has 0 fully saturated rings. The maximum Gasteiger partial charge on any atom is 0.192 e. The van der Waals surface area contributed by atoms with E-state index in [9.17, 15) is 0 Å². The van der Waals surface area contributed by atoms with E-state index in [1.54, 1.807) is 11.3 Å². The number of hydrogen-bond acceptors (Lipinski definition) is 4. The van der Waals surface area contributed by atoms with Crippen LogP contribution in [0.25, 0.3) is 6.08 Å². The van der Waals surface area contributed by atoms with E-state index >= 15 is 0 Å². The minimum Gasteiger partial charge on any atom is -0.410 e. The monoisotopic (exact) mass is 366 g/mol. The molecule has 0 spiro atoms. The lowest BCUT2D eigenvalue weighted by atomic mass is 10.1. The molecule has 1 atom stereocenters. The molecule has 0 saturated carbocycles. The smallest absolute Gasteiger partial charge is 0.192 e. The zero-order chi connectivity index (χ0) is 18.4. The summed E-state index contributed by atoms with van der Waals surface area (Å²) in [5, 5.41) is 6.80. The van der Waals surface area contributed by atoms with Gasteiger partial charge in [0.05, 0.1) is 16.8 Å². The van der Waals surface area contributed by atoms with E-state index in [2.05, 4.69) is 69.1 Å². The van der Waals surface area contributed by atoms with Crippen LogP contribution in [0, 0.1) is 6.92 Å². The van der Waals surface area contributed by atoms with Crippen molar-refractivity contribution in [2.45, 2.75) is 65.3 Å². The molecular weight excluding hydrogens is 332 g/mol. The largest absolute Gasteiger partial charge is 0.410 e. The number of hydrogen-bond donors (Lipinski definition) is 1. The molecule has 1 N–H and O–H groups in total. The topological polar surface area (TPSA) is 34.1 Å². The van der Waals surface area contributed by atoms with Crippen LogP contribution in [0.3, 0.4) is 0 Å². The summed E-state index contributed by atoms with van der Waals surface area (Å²) in [4.78, 5) is 4.56. The first-order chi connectivity index (χ1) is 11.1. The Hall–Kier alpha value is -0.753. The van der Waals surface area contributed by atoms with Gasteiger partial charge in [0, 0.05) is 11.9 Å². The minimum atomic E-state index is -1.82. The fourth-order valence-corrected chi connectivity index (χ4v) is 4.06. The molecule has 1 heterocycles. The van der Waals surface area contributed by atoms with E-state index in [1.807, 2.05) is 13.0 Å². The predicted octanol–water partition coefficient (Wildman–Crippen LogP) is 5.41. The predicted molar refractivity (Wildman–Crippen MR) is 110 cm³/mol. The first-order valence-corrected chi connectivity index (χ1v) is 12.5. The highest BCUT2D eigenvalue weighted by atomic mass is 32.1. The molecule has 0 aliphatic rings. The SMILES string of the molecule is C=CCNCC[C@H](O[Si](C)(C)C(C)(C)C)/C(C)=C/c1csc(C)n1. The molecule has 1 rings (SSSR count). The van der Waals surface area contributed by atoms with Gasteiger partial charge in [-0.25, -0.2) is 4.98 Å². The maximum absolute atomic E-state index is 6.70. The molecule has 0 unspecified atom stereocenters. The van der Waals surface area contributed by atoms with Crippen LogP contribution in [0.1, 0.15) is 44.8 Å². The van der Waals surface area contributed by atoms with Crippen LogP contribution in [0.15, 0.2) is 23.6 Å². The van der Waals surface area contributed by atoms with E-state index in [-0.39, 0.29) is 11.1 Å². The van der Waals surface area contributed by atoms with Crippen LogP contribution in [0.2, 0.25) is 18.1 Å². The molecular formula is C19H34N2OSSi. The molecule has 5 heteroatoms. The van der Waals surface area contributed by atoms with E-state index in [4.69, 9.17) is 4.43 Å². The summed E-state index contributed by atoms with van der Waals surface area (Å²) >= 11 is 1.69. The van der Waals surface area contributed by atoms with Crippen molar-refractivity contribution in [3.63, 3.8) is 0 Å². The Balaban J connectivity index is 2.91. The molecule has 0 radical (unpaired) electrons. The van der Waals surface area contributed by atoms with Gasteiger partial charge >= 0.3 is 0 Å². The summed E-state index contributed by atoms with van der Waals surface area (Å²) in [6.45, 7) is 21.2. The Morgan fingerprint density at radius 1 is 1.46 bits per heavy atom. The Kier molecular flexibility index (Phi) is 8.06. The van der Waals surface area contributed by atoms with Crippen molar-refractivity contribution in [2.75, 3.05) is 13.1 Å². The van der Waals surface area contributed by atoms with Gasteiger partial charge in [-0.3, -0.25) is 0 Å². The summed E-state index contributed by atoms with van der Waals surface area (Å²) in [6.07, 6.45) is 5.16. The average Bonchev–Trinajstić information content (AvgIpc) is 2.86. The number of nitrogens with one attached hydrogen (secondary N) is 1. The van der Waals surface area contributed by atoms with E-state index in [1.165, 1.54) is 5.57 Å². The van der Waals surface area contributed by atoms with Gasteiger partial charge in [-0.05, 0) is 56.6 Å². The van der Waals surface area contributed by atoms with Gasteiger partial charge in [-0.1, -0.05) is 26.8 Å². The molecule has 0 aliphatic heterocycles. The van der Waals surface area contributed by atoms with E-state index in [0.29, 0.717) is 0 Å². The third-order valence-electron chi connectivity index (χ3n) is 4.64. The molecule has 0 bridgehead atoms. The van der Waals surface area contributed by atoms with Gasteiger partial charge in [0.1, 0.15) is 0 Å². The Morgan fingerprint density at radius 2 is 2.12 bits per heavy atom. The first kappa shape index (κ1) is 21.3. The highest BCUT2D eigenvalue weighted by Crippen LogP contribution is 2.38. The third kappa shape index (κ3) is 6.63. The molecule has 0 saturated heterocycles. The van der Waals surface area contributed by atoms with Crippen molar-refractivity contribution in [3.05, 3.63) is 34.3 Å². The highest BCUT2D eigenvalue weighted by Gasteiger charge is 2.39. The standard InChI is InChI=1S/C19H34N2OSSi/c1-9-11-20-12-10-18(22-24(7,8)19(4,5)6)15(2)13-17-14-23-16(3)21-17/h9,13-14,18,20H,1,10-12H2,2-8H3/b15-13+/t18-/m0/s1. The van der Waals surface area contributed by atoms with Crippen LogP contribution in [-0.4, -0.2) is 32.5 Å². The molecule has 0 aromatic carbocycles. The van der Waals surface area contributed by atoms with Crippen molar-refractivity contribution in [1.82, 2.24) is 10.3 Å². The average molecular weight is 367 g/mol. The molecule has 24 heavy (non-hydrogen) atoms. The zero-order valence-electron chi connectivity index (χ0n) is 16.4. The fraction of sp³-hybridized carbons (Fsp3) is 0.632. The summed E-state index contributed by atoms with van der Waals surface area (Å²) in [6, 6.07) is 0. The van der Waals surface area contributed by atoms with Crippen LogP contribution in [0.5, 0.6) is 0 Å². The van der Waals surface area contributed by atoms with Crippen molar-refractivity contribution in [2.24, 2.45) is 0 Å². The lowest BCUT2D eigenvalue weighted by Gasteiger charge is -2.39. The molecule has 1 aromatic rings. The molecule has 0 aliphatic carbocycles. The molecule has 3 nitrogen and oxygen atoms in total. The summed E-state index contributed by atoms with van der Waals surface area (Å²) < 4.78 is 6.70. The normalized spacial score (nSPS) is 14.7. The Morgan fingerprint density at radius 3 is 2.62 bits per heavy atom. The van der Waals surface area contributed by atoms with Gasteiger partial charge in [0.2, 0.25) is 0 Å². The first-order valence-electron chi connectivity index (χ1n) is 8.66. The second kappa shape index (κ2) is 9.09. The van der Waals surface area contributed by atoms with Gasteiger partial charge < -0.3 is 9.74 Å². The zero-order valence-corrected chi connectivity index (χ0v) is 18.2.